The predicted molar refractivity (Wildman–Crippen MR) is 68.5 cm³/mol. The van der Waals surface area contributed by atoms with Gasteiger partial charge in [0, 0.05) is 21.6 Å². The smallest absolute Gasteiger partial charge is 0.136 e. The topological polar surface area (TPSA) is 26.3 Å². The molecule has 1 unspecified atom stereocenters. The summed E-state index contributed by atoms with van der Waals surface area (Å²) >= 11 is 1.75. The number of hydrogen-bond acceptors (Lipinski definition) is 3. The normalized spacial score (nSPS) is 12.6. The third-order valence-corrected chi connectivity index (χ3v) is 3.32. The van der Waals surface area contributed by atoms with Crippen LogP contribution in [0.1, 0.15) is 32.3 Å². The Bertz CT molecular complexity index is 361. The Morgan fingerprint density at radius 3 is 2.50 bits per heavy atom. The molecule has 1 aromatic carbocycles. The van der Waals surface area contributed by atoms with E-state index < -0.39 is 0 Å². The van der Waals surface area contributed by atoms with Gasteiger partial charge in [0.1, 0.15) is 12.0 Å². The lowest BCUT2D eigenvalue weighted by atomic mass is 10.0. The monoisotopic (exact) mass is 238 g/mol. The van der Waals surface area contributed by atoms with Crippen molar-refractivity contribution in [1.82, 2.24) is 0 Å². The Morgan fingerprint density at radius 2 is 2.00 bits per heavy atom. The van der Waals surface area contributed by atoms with Gasteiger partial charge in [0.05, 0.1) is 7.11 Å². The van der Waals surface area contributed by atoms with Crippen molar-refractivity contribution in [2.45, 2.75) is 36.8 Å². The van der Waals surface area contributed by atoms with Crippen molar-refractivity contribution >= 4 is 18.0 Å². The first-order valence-electron chi connectivity index (χ1n) is 5.39. The van der Waals surface area contributed by atoms with Gasteiger partial charge in [-0.05, 0) is 6.07 Å². The van der Waals surface area contributed by atoms with E-state index in [0.717, 1.165) is 22.5 Å². The third-order valence-electron chi connectivity index (χ3n) is 2.27. The SMILES string of the molecule is COc1c(SC(C)C)cccc1C(C)C=O. The van der Waals surface area contributed by atoms with Gasteiger partial charge in [0.2, 0.25) is 0 Å². The zero-order valence-corrected chi connectivity index (χ0v) is 11.0. The molecule has 88 valence electrons. The molecule has 16 heavy (non-hydrogen) atoms. The van der Waals surface area contributed by atoms with Crippen LogP contribution in [0.15, 0.2) is 23.1 Å². The van der Waals surface area contributed by atoms with Crippen LogP contribution in [0.2, 0.25) is 0 Å². The van der Waals surface area contributed by atoms with Crippen LogP contribution in [0.5, 0.6) is 5.75 Å². The molecule has 0 aliphatic carbocycles. The van der Waals surface area contributed by atoms with Crippen LogP contribution in [0.4, 0.5) is 0 Å². The van der Waals surface area contributed by atoms with E-state index in [0.29, 0.717) is 5.25 Å². The van der Waals surface area contributed by atoms with Crippen LogP contribution in [0.25, 0.3) is 0 Å². The predicted octanol–water partition coefficient (Wildman–Crippen LogP) is 3.50. The molecule has 3 heteroatoms. The minimum Gasteiger partial charge on any atom is -0.495 e. The lowest BCUT2D eigenvalue weighted by molar-refractivity contribution is -0.108. The molecule has 0 saturated heterocycles. The average molecular weight is 238 g/mol. The number of rotatable bonds is 5. The van der Waals surface area contributed by atoms with Crippen LogP contribution in [-0.4, -0.2) is 18.6 Å². The van der Waals surface area contributed by atoms with Gasteiger partial charge in [-0.15, -0.1) is 11.8 Å². The van der Waals surface area contributed by atoms with Crippen molar-refractivity contribution in [2.24, 2.45) is 0 Å². The first-order valence-corrected chi connectivity index (χ1v) is 6.27. The number of carbonyl (C=O) groups is 1. The second-order valence-electron chi connectivity index (χ2n) is 3.97. The van der Waals surface area contributed by atoms with Gasteiger partial charge in [-0.3, -0.25) is 0 Å². The minimum absolute atomic E-state index is 0.123. The van der Waals surface area contributed by atoms with Crippen molar-refractivity contribution in [2.75, 3.05) is 7.11 Å². The molecule has 1 rings (SSSR count). The molecule has 0 spiro atoms. The molecular weight excluding hydrogens is 220 g/mol. The van der Waals surface area contributed by atoms with Crippen molar-refractivity contribution < 1.29 is 9.53 Å². The molecule has 0 amide bonds. The highest BCUT2D eigenvalue weighted by molar-refractivity contribution is 8.00. The Labute approximate surface area is 101 Å². The van der Waals surface area contributed by atoms with Crippen LogP contribution < -0.4 is 4.74 Å². The summed E-state index contributed by atoms with van der Waals surface area (Å²) in [5, 5.41) is 0.496. The quantitative estimate of drug-likeness (QED) is 0.580. The largest absolute Gasteiger partial charge is 0.495 e. The summed E-state index contributed by atoms with van der Waals surface area (Å²) in [5.74, 6) is 0.712. The van der Waals surface area contributed by atoms with Gasteiger partial charge in [0.25, 0.3) is 0 Å². The fourth-order valence-electron chi connectivity index (χ4n) is 1.53. The second kappa shape index (κ2) is 5.94. The summed E-state index contributed by atoms with van der Waals surface area (Å²) in [4.78, 5) is 11.9. The number of para-hydroxylation sites is 1. The number of methoxy groups -OCH3 is 1. The van der Waals surface area contributed by atoms with Crippen molar-refractivity contribution in [3.63, 3.8) is 0 Å². The number of benzene rings is 1. The van der Waals surface area contributed by atoms with Gasteiger partial charge in [0.15, 0.2) is 0 Å². The summed E-state index contributed by atoms with van der Waals surface area (Å²) in [5.41, 5.74) is 0.961. The Kier molecular flexibility index (Phi) is 4.87. The molecule has 0 radical (unpaired) electrons. The standard InChI is InChI=1S/C13H18O2S/c1-9(2)16-12-7-5-6-11(10(3)8-14)13(12)15-4/h5-10H,1-4H3. The third kappa shape index (κ3) is 3.01. The van der Waals surface area contributed by atoms with E-state index in [1.807, 2.05) is 25.1 Å². The summed E-state index contributed by atoms with van der Waals surface area (Å²) in [6.45, 7) is 6.16. The van der Waals surface area contributed by atoms with E-state index in [9.17, 15) is 4.79 Å². The van der Waals surface area contributed by atoms with E-state index in [1.54, 1.807) is 18.9 Å². The van der Waals surface area contributed by atoms with Gasteiger partial charge in [-0.2, -0.15) is 0 Å². The number of hydrogen-bond donors (Lipinski definition) is 0. The van der Waals surface area contributed by atoms with E-state index >= 15 is 0 Å². The van der Waals surface area contributed by atoms with Crippen LogP contribution in [-0.2, 0) is 4.79 Å². The molecule has 1 atom stereocenters. The zero-order chi connectivity index (χ0) is 12.1. The summed E-state index contributed by atoms with van der Waals surface area (Å²) in [6.07, 6.45) is 0.946. The maximum absolute atomic E-state index is 10.8. The molecule has 0 aliphatic heterocycles. The molecule has 0 heterocycles. The Hall–Kier alpha value is -0.960. The highest BCUT2D eigenvalue weighted by atomic mass is 32.2. The van der Waals surface area contributed by atoms with Crippen LogP contribution >= 0.6 is 11.8 Å². The first-order chi connectivity index (χ1) is 7.60. The molecular formula is C13H18O2S. The van der Waals surface area contributed by atoms with Gasteiger partial charge >= 0.3 is 0 Å². The molecule has 2 nitrogen and oxygen atoms in total. The van der Waals surface area contributed by atoms with Gasteiger partial charge in [-0.1, -0.05) is 32.9 Å². The van der Waals surface area contributed by atoms with Gasteiger partial charge in [-0.25, -0.2) is 0 Å². The van der Waals surface area contributed by atoms with Crippen molar-refractivity contribution in [3.8, 4) is 5.75 Å². The van der Waals surface area contributed by atoms with Crippen LogP contribution in [0, 0.1) is 0 Å². The molecule has 1 aromatic rings. The Morgan fingerprint density at radius 1 is 1.31 bits per heavy atom. The number of thioether (sulfide) groups is 1. The fraction of sp³-hybridized carbons (Fsp3) is 0.462. The first kappa shape index (κ1) is 13.1. The maximum atomic E-state index is 10.8. The fourth-order valence-corrected chi connectivity index (χ4v) is 2.50. The van der Waals surface area contributed by atoms with E-state index in [2.05, 4.69) is 13.8 Å². The molecule has 0 bridgehead atoms. The van der Waals surface area contributed by atoms with E-state index in [4.69, 9.17) is 4.74 Å². The number of carbonyl (C=O) groups excluding carboxylic acids is 1. The highest BCUT2D eigenvalue weighted by Crippen LogP contribution is 2.37. The highest BCUT2D eigenvalue weighted by Gasteiger charge is 2.15. The second-order valence-corrected chi connectivity index (χ2v) is 5.59. The van der Waals surface area contributed by atoms with Gasteiger partial charge < -0.3 is 9.53 Å². The zero-order valence-electron chi connectivity index (χ0n) is 10.2. The van der Waals surface area contributed by atoms with E-state index in [1.165, 1.54) is 0 Å². The minimum atomic E-state index is -0.123. The number of ether oxygens (including phenoxy) is 1. The molecule has 0 aromatic heterocycles. The molecule has 0 fully saturated rings. The maximum Gasteiger partial charge on any atom is 0.136 e. The summed E-state index contributed by atoms with van der Waals surface area (Å²) in [7, 11) is 1.65. The van der Waals surface area contributed by atoms with Crippen LogP contribution in [0.3, 0.4) is 0 Å². The van der Waals surface area contributed by atoms with Crippen molar-refractivity contribution in [3.05, 3.63) is 23.8 Å². The number of aldehydes is 1. The summed E-state index contributed by atoms with van der Waals surface area (Å²) < 4.78 is 5.42. The van der Waals surface area contributed by atoms with E-state index in [-0.39, 0.29) is 5.92 Å². The summed E-state index contributed by atoms with van der Waals surface area (Å²) in [6, 6.07) is 5.95. The Balaban J connectivity index is 3.14. The lowest BCUT2D eigenvalue weighted by Crippen LogP contribution is -2.00. The molecule has 0 aliphatic rings. The molecule has 0 saturated carbocycles. The lowest BCUT2D eigenvalue weighted by Gasteiger charge is -2.15. The van der Waals surface area contributed by atoms with Crippen molar-refractivity contribution in [1.29, 1.82) is 0 Å². The average Bonchev–Trinajstić information content (AvgIpc) is 2.27. The molecule has 0 N–H and O–H groups in total.